The normalized spacial score (nSPS) is 36.8. The molecule has 0 aliphatic heterocycles. The number of hydrogen-bond donors (Lipinski definition) is 1. The molecule has 0 heterocycles. The summed E-state index contributed by atoms with van der Waals surface area (Å²) >= 11 is 0. The fourth-order valence-corrected chi connectivity index (χ4v) is 3.94. The maximum absolute atomic E-state index is 11.2. The molecule has 1 fully saturated rings. The lowest BCUT2D eigenvalue weighted by Gasteiger charge is -2.44. The second-order valence-electron chi connectivity index (χ2n) is 6.04. The van der Waals surface area contributed by atoms with Crippen molar-refractivity contribution in [3.63, 3.8) is 0 Å². The van der Waals surface area contributed by atoms with E-state index in [1.807, 2.05) is 0 Å². The number of esters is 1. The molecule has 2 unspecified atom stereocenters. The minimum atomic E-state index is -0.173. The Morgan fingerprint density at radius 1 is 1.67 bits per heavy atom. The van der Waals surface area contributed by atoms with Crippen molar-refractivity contribution >= 4 is 5.97 Å². The summed E-state index contributed by atoms with van der Waals surface area (Å²) in [7, 11) is 0. The Labute approximate surface area is 109 Å². The molecule has 0 aromatic rings. The number of carbonyl (C=O) groups excluding carboxylic acids is 1. The summed E-state index contributed by atoms with van der Waals surface area (Å²) in [4.78, 5) is 11.2. The van der Waals surface area contributed by atoms with E-state index in [0.717, 1.165) is 25.7 Å². The molecule has 0 amide bonds. The van der Waals surface area contributed by atoms with Crippen molar-refractivity contribution in [2.24, 2.45) is 17.3 Å². The minimum Gasteiger partial charge on any atom is -0.462 e. The van der Waals surface area contributed by atoms with Crippen LogP contribution in [-0.4, -0.2) is 23.8 Å². The Balaban J connectivity index is 2.18. The van der Waals surface area contributed by atoms with Gasteiger partial charge < -0.3 is 9.84 Å². The van der Waals surface area contributed by atoms with Gasteiger partial charge in [0.05, 0.1) is 0 Å². The molecule has 3 nitrogen and oxygen atoms in total. The number of aliphatic hydroxyl groups is 1. The average Bonchev–Trinajstić information content (AvgIpc) is 2.66. The third-order valence-corrected chi connectivity index (χ3v) is 4.83. The molecule has 0 aromatic heterocycles. The minimum absolute atomic E-state index is 0.0564. The lowest BCUT2D eigenvalue weighted by molar-refractivity contribution is -0.153. The second-order valence-corrected chi connectivity index (χ2v) is 6.04. The summed E-state index contributed by atoms with van der Waals surface area (Å²) in [6.07, 6.45) is 6.53. The predicted octanol–water partition coefficient (Wildman–Crippen LogP) is 2.68. The molecule has 0 spiro atoms. The molecule has 0 aromatic carbocycles. The van der Waals surface area contributed by atoms with Crippen LogP contribution in [0.1, 0.15) is 46.5 Å². The summed E-state index contributed by atoms with van der Waals surface area (Å²) in [6.45, 7) is 6.05. The van der Waals surface area contributed by atoms with E-state index < -0.39 is 0 Å². The first-order valence-electron chi connectivity index (χ1n) is 6.97. The van der Waals surface area contributed by atoms with Crippen LogP contribution in [0.2, 0.25) is 0 Å². The summed E-state index contributed by atoms with van der Waals surface area (Å²) in [5, 5.41) is 9.39. The van der Waals surface area contributed by atoms with Crippen molar-refractivity contribution in [1.29, 1.82) is 0 Å². The Morgan fingerprint density at radius 3 is 3.00 bits per heavy atom. The van der Waals surface area contributed by atoms with Gasteiger partial charge in [0.15, 0.2) is 0 Å². The zero-order valence-corrected chi connectivity index (χ0v) is 11.6. The van der Waals surface area contributed by atoms with Crippen molar-refractivity contribution in [1.82, 2.24) is 0 Å². The van der Waals surface area contributed by atoms with Crippen LogP contribution >= 0.6 is 0 Å². The third-order valence-electron chi connectivity index (χ3n) is 4.83. The van der Waals surface area contributed by atoms with Gasteiger partial charge in [0, 0.05) is 25.4 Å². The zero-order chi connectivity index (χ0) is 13.3. The highest BCUT2D eigenvalue weighted by molar-refractivity contribution is 5.66. The monoisotopic (exact) mass is 252 g/mol. The number of hydrogen-bond acceptors (Lipinski definition) is 3. The van der Waals surface area contributed by atoms with E-state index in [9.17, 15) is 9.90 Å². The van der Waals surface area contributed by atoms with Crippen LogP contribution in [0.4, 0.5) is 0 Å². The van der Waals surface area contributed by atoms with Gasteiger partial charge >= 0.3 is 5.97 Å². The molecule has 1 N–H and O–H groups in total. The molecule has 4 atom stereocenters. The first-order chi connectivity index (χ1) is 8.49. The highest BCUT2D eigenvalue weighted by atomic mass is 16.5. The number of carbonyl (C=O) groups is 1. The molecule has 1 saturated carbocycles. The number of ether oxygens (including phenoxy) is 1. The van der Waals surface area contributed by atoms with Crippen molar-refractivity contribution in [2.75, 3.05) is 6.61 Å². The van der Waals surface area contributed by atoms with Gasteiger partial charge in [0.1, 0.15) is 6.10 Å². The fraction of sp³-hybridized carbons (Fsp3) is 0.800. The summed E-state index contributed by atoms with van der Waals surface area (Å²) in [5.41, 5.74) is 1.48. The first-order valence-corrected chi connectivity index (χ1v) is 6.97. The largest absolute Gasteiger partial charge is 0.462 e. The van der Waals surface area contributed by atoms with Gasteiger partial charge in [-0.3, -0.25) is 4.79 Å². The Bertz CT molecular complexity index is 361. The standard InChI is InChI=1S/C15H24O3/c1-10(9-16)12-6-7-13-14(18-11(2)17)5-4-8-15(12,13)3/h6,10,13-14,16H,4-5,7-9H2,1-3H3/t10?,13?,14-,15+/m0/s1. The SMILES string of the molecule is CC(=O)O[C@H]1CCC[C@]2(C)C(C(C)CO)=CCC12. The van der Waals surface area contributed by atoms with E-state index >= 15 is 0 Å². The smallest absolute Gasteiger partial charge is 0.302 e. The maximum Gasteiger partial charge on any atom is 0.302 e. The van der Waals surface area contributed by atoms with Gasteiger partial charge in [0.2, 0.25) is 0 Å². The molecular weight excluding hydrogens is 228 g/mol. The van der Waals surface area contributed by atoms with E-state index in [4.69, 9.17) is 4.74 Å². The van der Waals surface area contributed by atoms with E-state index in [0.29, 0.717) is 5.92 Å². The molecule has 0 bridgehead atoms. The fourth-order valence-electron chi connectivity index (χ4n) is 3.94. The number of rotatable bonds is 3. The third kappa shape index (κ3) is 2.20. The molecule has 102 valence electrons. The average molecular weight is 252 g/mol. The topological polar surface area (TPSA) is 46.5 Å². The van der Waals surface area contributed by atoms with Gasteiger partial charge in [-0.15, -0.1) is 0 Å². The zero-order valence-electron chi connectivity index (χ0n) is 11.6. The van der Waals surface area contributed by atoms with Gasteiger partial charge in [0.25, 0.3) is 0 Å². The van der Waals surface area contributed by atoms with Gasteiger partial charge in [-0.1, -0.05) is 25.5 Å². The summed E-state index contributed by atoms with van der Waals surface area (Å²) in [6, 6.07) is 0. The van der Waals surface area contributed by atoms with Crippen LogP contribution in [0, 0.1) is 17.3 Å². The Morgan fingerprint density at radius 2 is 2.39 bits per heavy atom. The number of aliphatic hydroxyl groups excluding tert-OH is 1. The van der Waals surface area contributed by atoms with Crippen molar-refractivity contribution in [2.45, 2.75) is 52.6 Å². The van der Waals surface area contributed by atoms with Crippen LogP contribution in [0.25, 0.3) is 0 Å². The predicted molar refractivity (Wildman–Crippen MR) is 70.0 cm³/mol. The Hall–Kier alpha value is -0.830. The van der Waals surface area contributed by atoms with Crippen molar-refractivity contribution in [3.05, 3.63) is 11.6 Å². The van der Waals surface area contributed by atoms with Gasteiger partial charge in [-0.2, -0.15) is 0 Å². The van der Waals surface area contributed by atoms with Gasteiger partial charge in [-0.25, -0.2) is 0 Å². The number of fused-ring (bicyclic) bond motifs is 1. The van der Waals surface area contributed by atoms with Crippen LogP contribution in [-0.2, 0) is 9.53 Å². The van der Waals surface area contributed by atoms with Crippen molar-refractivity contribution < 1.29 is 14.6 Å². The lowest BCUT2D eigenvalue weighted by atomic mass is 9.63. The van der Waals surface area contributed by atoms with Crippen LogP contribution in [0.5, 0.6) is 0 Å². The summed E-state index contributed by atoms with van der Waals surface area (Å²) in [5.74, 6) is 0.447. The number of allylic oxidation sites excluding steroid dienone is 1. The molecule has 2 aliphatic rings. The van der Waals surface area contributed by atoms with E-state index in [1.165, 1.54) is 12.5 Å². The molecule has 3 heteroatoms. The molecular formula is C15H24O3. The second kappa shape index (κ2) is 5.04. The van der Waals surface area contributed by atoms with Crippen LogP contribution in [0.3, 0.4) is 0 Å². The molecule has 2 rings (SSSR count). The van der Waals surface area contributed by atoms with E-state index in [-0.39, 0.29) is 30.0 Å². The maximum atomic E-state index is 11.2. The van der Waals surface area contributed by atoms with Crippen LogP contribution in [0.15, 0.2) is 11.6 Å². The molecule has 0 saturated heterocycles. The van der Waals surface area contributed by atoms with E-state index in [1.54, 1.807) is 0 Å². The Kier molecular flexibility index (Phi) is 3.81. The summed E-state index contributed by atoms with van der Waals surface area (Å²) < 4.78 is 5.50. The molecule has 2 aliphatic carbocycles. The highest BCUT2D eigenvalue weighted by Crippen LogP contribution is 2.55. The van der Waals surface area contributed by atoms with Crippen molar-refractivity contribution in [3.8, 4) is 0 Å². The molecule has 0 radical (unpaired) electrons. The van der Waals surface area contributed by atoms with Crippen LogP contribution < -0.4 is 0 Å². The van der Waals surface area contributed by atoms with E-state index in [2.05, 4.69) is 19.9 Å². The quantitative estimate of drug-likeness (QED) is 0.620. The highest BCUT2D eigenvalue weighted by Gasteiger charge is 2.49. The lowest BCUT2D eigenvalue weighted by Crippen LogP contribution is -2.41. The van der Waals surface area contributed by atoms with Gasteiger partial charge in [-0.05, 0) is 31.1 Å². The first kappa shape index (κ1) is 13.6. The molecule has 18 heavy (non-hydrogen) atoms.